The minimum atomic E-state index is -0.448. The van der Waals surface area contributed by atoms with E-state index < -0.39 is 6.29 Å². The van der Waals surface area contributed by atoms with Crippen LogP contribution in [0.5, 0.6) is 0 Å². The number of hydrogen-bond donors (Lipinski definition) is 5. The van der Waals surface area contributed by atoms with Crippen molar-refractivity contribution in [3.8, 4) is 0 Å². The Hall–Kier alpha value is -3.00. The van der Waals surface area contributed by atoms with Gasteiger partial charge in [0.25, 0.3) is 0 Å². The number of carbonyl (C=O) groups is 1. The fraction of sp³-hybridized carbons (Fsp3) is 0.433. The maximum atomic E-state index is 15.1. The van der Waals surface area contributed by atoms with Crippen LogP contribution in [0.3, 0.4) is 0 Å². The van der Waals surface area contributed by atoms with E-state index in [4.69, 9.17) is 20.3 Å². The number of benzene rings is 2. The molecule has 2 aliphatic heterocycles. The predicted molar refractivity (Wildman–Crippen MR) is 167 cm³/mol. The van der Waals surface area contributed by atoms with Gasteiger partial charge in [0.15, 0.2) is 6.29 Å². The van der Waals surface area contributed by atoms with Crippen molar-refractivity contribution in [3.05, 3.63) is 82.9 Å². The highest BCUT2D eigenvalue weighted by atomic mass is 32.2. The number of amides is 1. The van der Waals surface area contributed by atoms with E-state index in [2.05, 4.69) is 10.6 Å². The summed E-state index contributed by atoms with van der Waals surface area (Å²) in [6.45, 7) is 7.89. The number of hydrogen-bond acceptors (Lipinski definition) is 9. The number of nitrogens with one attached hydrogen (secondary N) is 2. The molecule has 0 bridgehead atoms. The Morgan fingerprint density at radius 3 is 2.50 bits per heavy atom. The van der Waals surface area contributed by atoms with Gasteiger partial charge in [-0.25, -0.2) is 4.39 Å². The molecule has 2 aliphatic rings. The molecule has 2 heterocycles. The Balaban J connectivity index is 0.00000216. The van der Waals surface area contributed by atoms with Gasteiger partial charge in [-0.3, -0.25) is 9.50 Å². The molecule has 0 unspecified atom stereocenters. The lowest BCUT2D eigenvalue weighted by Crippen LogP contribution is -2.44. The van der Waals surface area contributed by atoms with Gasteiger partial charge >= 0.3 is 0 Å². The summed E-state index contributed by atoms with van der Waals surface area (Å²) in [5.74, 6) is -0.0353. The first-order chi connectivity index (χ1) is 19.5. The summed E-state index contributed by atoms with van der Waals surface area (Å²) in [6, 6.07) is 13.0. The van der Waals surface area contributed by atoms with Gasteiger partial charge in [-0.05, 0) is 36.6 Å². The maximum absolute atomic E-state index is 15.1. The van der Waals surface area contributed by atoms with Crippen LogP contribution in [0.2, 0.25) is 0 Å². The largest absolute Gasteiger partial charge is 0.400 e. The number of carbonyl (C=O) groups excluding carboxylic acids is 1. The minimum absolute atomic E-state index is 0. The fourth-order valence-corrected chi connectivity index (χ4v) is 4.92. The summed E-state index contributed by atoms with van der Waals surface area (Å²) in [7, 11) is 0. The van der Waals surface area contributed by atoms with Crippen LogP contribution in [0.15, 0.2) is 60.4 Å². The van der Waals surface area contributed by atoms with Gasteiger partial charge in [0.05, 0.1) is 25.1 Å². The molecule has 1 saturated heterocycles. The topological polar surface area (TPSA) is 144 Å². The fourth-order valence-electron chi connectivity index (χ4n) is 4.58. The first kappa shape index (κ1) is 37.0. The monoisotopic (exact) mass is 609 g/mol. The number of aliphatic hydroxyl groups excluding tert-OH is 1. The lowest BCUT2D eigenvalue weighted by Gasteiger charge is -2.34. The van der Waals surface area contributed by atoms with Crippen molar-refractivity contribution in [1.29, 1.82) is 0 Å². The molecule has 4 rings (SSSR count). The zero-order valence-electron chi connectivity index (χ0n) is 24.6. The summed E-state index contributed by atoms with van der Waals surface area (Å²) >= 11 is 1.35. The lowest BCUT2D eigenvalue weighted by molar-refractivity contribution is -0.208. The van der Waals surface area contributed by atoms with Gasteiger partial charge in [0.2, 0.25) is 5.91 Å². The molecule has 0 radical (unpaired) electrons. The van der Waals surface area contributed by atoms with Gasteiger partial charge in [-0.15, -0.1) is 11.8 Å². The van der Waals surface area contributed by atoms with Crippen molar-refractivity contribution < 1.29 is 28.5 Å². The molecular formula is C30H45F2N5O4S. The van der Waals surface area contributed by atoms with Crippen molar-refractivity contribution in [2.45, 2.75) is 33.5 Å². The zero-order chi connectivity index (χ0) is 28.9. The highest BCUT2D eigenvalue weighted by Gasteiger charge is 2.32. The lowest BCUT2D eigenvalue weighted by atomic mass is 9.94. The molecule has 1 fully saturated rings. The van der Waals surface area contributed by atoms with E-state index in [1.807, 2.05) is 63.2 Å². The number of nitrogens with two attached hydrogens (primary N) is 1. The molecule has 0 aliphatic carbocycles. The average molecular weight is 610 g/mol. The zero-order valence-corrected chi connectivity index (χ0v) is 25.4. The van der Waals surface area contributed by atoms with Crippen molar-refractivity contribution in [2.24, 2.45) is 11.7 Å². The third kappa shape index (κ3) is 10.4. The second-order valence-corrected chi connectivity index (χ2v) is 10.2. The van der Waals surface area contributed by atoms with Crippen LogP contribution in [0.25, 0.3) is 5.57 Å². The smallest absolute Gasteiger partial charge is 0.230 e. The van der Waals surface area contributed by atoms with Gasteiger partial charge in [-0.2, -0.15) is 0 Å². The quantitative estimate of drug-likeness (QED) is 0.188. The standard InChI is InChI=1S/C28H35FN4O4S.C2H6.FH.H3N/c1-19-11-24(32-14-23(30)13-31-17-38-18-34)12-25(29)26(19)20-7-9-33(10-8-20)27(35)22-15-36-28(37-16-22)21-5-3-2-4-6-21;1-2;;/h2-7,11-12,14,22,28,31-32,34H,8-10,13,15-18,30H2,1H3;1-2H3;1H;1H3/b23-14-;;;. The number of aryl methyl sites for hydroxylation is 1. The van der Waals surface area contributed by atoms with Gasteiger partial charge in [-0.1, -0.05) is 50.3 Å². The number of rotatable bonds is 10. The van der Waals surface area contributed by atoms with E-state index in [0.29, 0.717) is 62.1 Å². The number of ether oxygens (including phenoxy) is 2. The number of thioether (sulfide) groups is 1. The molecule has 1 amide bonds. The van der Waals surface area contributed by atoms with Gasteiger partial charge < -0.3 is 42.0 Å². The number of anilines is 1. The summed E-state index contributed by atoms with van der Waals surface area (Å²) < 4.78 is 26.8. The second-order valence-electron chi connectivity index (χ2n) is 9.29. The van der Waals surface area contributed by atoms with Crippen molar-refractivity contribution in [2.75, 3.05) is 50.0 Å². The molecule has 2 aromatic carbocycles. The van der Waals surface area contributed by atoms with Crippen molar-refractivity contribution in [3.63, 3.8) is 0 Å². The van der Waals surface area contributed by atoms with Gasteiger partial charge in [0, 0.05) is 54.2 Å². The molecule has 2 aromatic rings. The number of nitrogens with zero attached hydrogens (tertiary/aromatic N) is 1. The van der Waals surface area contributed by atoms with Crippen LogP contribution < -0.4 is 22.5 Å². The number of halogens is 2. The number of aliphatic hydroxyl groups is 1. The summed E-state index contributed by atoms with van der Waals surface area (Å²) in [5, 5.41) is 14.9. The Kier molecular flexibility index (Phi) is 17.0. The average Bonchev–Trinajstić information content (AvgIpc) is 2.99. The summed E-state index contributed by atoms with van der Waals surface area (Å²) in [4.78, 5) is 14.9. The third-order valence-corrected chi connectivity index (χ3v) is 7.09. The van der Waals surface area contributed by atoms with E-state index in [1.54, 1.807) is 11.1 Å². The van der Waals surface area contributed by atoms with Crippen LogP contribution in [0, 0.1) is 18.7 Å². The Morgan fingerprint density at radius 1 is 1.21 bits per heavy atom. The highest BCUT2D eigenvalue weighted by molar-refractivity contribution is 7.99. The van der Waals surface area contributed by atoms with Crippen LogP contribution >= 0.6 is 11.8 Å². The summed E-state index contributed by atoms with van der Waals surface area (Å²) in [5.41, 5.74) is 10.4. The maximum Gasteiger partial charge on any atom is 0.230 e. The molecule has 9 nitrogen and oxygen atoms in total. The molecule has 42 heavy (non-hydrogen) atoms. The molecule has 234 valence electrons. The van der Waals surface area contributed by atoms with E-state index in [1.165, 1.54) is 17.8 Å². The SMILES string of the molecule is CC.Cc1cc(N/C=C(\N)CNCSCO)cc(F)c1C1=CCN(C(=O)C2COC(c3ccccc3)OC2)CC1.F.N. The third-order valence-electron chi connectivity index (χ3n) is 6.50. The molecule has 0 saturated carbocycles. The molecule has 0 aromatic heterocycles. The van der Waals surface area contributed by atoms with Crippen LogP contribution in [-0.2, 0) is 14.3 Å². The van der Waals surface area contributed by atoms with Crippen molar-refractivity contribution in [1.82, 2.24) is 16.4 Å². The van der Waals surface area contributed by atoms with E-state index in [9.17, 15) is 4.79 Å². The first-order valence-corrected chi connectivity index (χ1v) is 14.8. The van der Waals surface area contributed by atoms with Crippen molar-refractivity contribution >= 4 is 28.9 Å². The summed E-state index contributed by atoms with van der Waals surface area (Å²) in [6.07, 6.45) is 3.69. The van der Waals surface area contributed by atoms with E-state index in [0.717, 1.165) is 16.7 Å². The Morgan fingerprint density at radius 2 is 1.90 bits per heavy atom. The molecular weight excluding hydrogens is 564 g/mol. The second kappa shape index (κ2) is 19.2. The van der Waals surface area contributed by atoms with Crippen LogP contribution in [0.4, 0.5) is 14.8 Å². The Labute approximate surface area is 251 Å². The van der Waals surface area contributed by atoms with E-state index in [-0.39, 0.29) is 34.4 Å². The van der Waals surface area contributed by atoms with Gasteiger partial charge in [0.1, 0.15) is 5.82 Å². The Bertz CT molecular complexity index is 1140. The molecule has 12 heteroatoms. The van der Waals surface area contributed by atoms with E-state index >= 15 is 4.39 Å². The normalized spacial score (nSPS) is 18.5. The molecule has 8 N–H and O–H groups in total. The first-order valence-electron chi connectivity index (χ1n) is 13.6. The molecule has 0 spiro atoms. The predicted octanol–water partition coefficient (Wildman–Crippen LogP) is 4.89. The van der Waals surface area contributed by atoms with Crippen LogP contribution in [0.1, 0.15) is 43.2 Å². The minimum Gasteiger partial charge on any atom is -0.400 e. The molecule has 0 atom stereocenters. The highest BCUT2D eigenvalue weighted by Crippen LogP contribution is 2.31. The van der Waals surface area contributed by atoms with Crippen LogP contribution in [-0.4, -0.2) is 60.6 Å².